The second-order valence-electron chi connectivity index (χ2n) is 33.9. The smallest absolute Gasteiger partial charge is 0.453 e. The molecular weight excluding hydrogens is 1970 g/mol. The summed E-state index contributed by atoms with van der Waals surface area (Å²) in [7, 11) is -0.394. The topological polar surface area (TPSA) is 53.3 Å². The predicted octanol–water partition coefficient (Wildman–Crippen LogP) is 31.8. The van der Waals surface area contributed by atoms with Crippen LogP contribution in [0.3, 0.4) is 0 Å². The lowest BCUT2D eigenvalue weighted by Crippen LogP contribution is -2.41. The first-order chi connectivity index (χ1) is 70.9. The fourth-order valence-electron chi connectivity index (χ4n) is 18.4. The van der Waals surface area contributed by atoms with Gasteiger partial charge < -0.3 is 37.7 Å². The highest BCUT2D eigenvalue weighted by Gasteiger charge is 2.52. The molecule has 25 rings (SSSR count). The number of fused-ring (bicyclic) bond motifs is 22. The number of benzene rings is 16. The fourth-order valence-corrected chi connectivity index (χ4v) is 23.5. The Morgan fingerprint density at radius 3 is 0.924 bits per heavy atom. The monoisotopic (exact) mass is 2040 g/mol. The molecule has 0 N–H and O–H groups in total. The van der Waals surface area contributed by atoms with Gasteiger partial charge in [0.25, 0.3) is 0 Å². The normalized spacial score (nSPS) is 11.8. The van der Waals surface area contributed by atoms with E-state index in [1.807, 2.05) is 80.6 Å². The molecule has 0 aliphatic carbocycles. The summed E-state index contributed by atoms with van der Waals surface area (Å²) in [5, 5.41) is 15.9. The zero-order chi connectivity index (χ0) is 98.2. The molecule has 15 heteroatoms. The largest absolute Gasteiger partial charge is 0.494 e. The van der Waals surface area contributed by atoms with Crippen LogP contribution in [0.4, 0.5) is 34.1 Å². The maximum absolute atomic E-state index is 6.62. The Labute approximate surface area is 869 Å². The number of rotatable bonds is 8. The molecule has 6 aromatic heterocycles. The summed E-state index contributed by atoms with van der Waals surface area (Å²) >= 11 is 16.1. The molecule has 0 atom stereocenters. The molecule has 0 radical (unpaired) electrons. The highest BCUT2D eigenvalue weighted by atomic mass is 127. The Morgan fingerprint density at radius 1 is 0.285 bits per heavy atom. The first-order valence-electron chi connectivity index (χ1n) is 45.8. The van der Waals surface area contributed by atoms with Gasteiger partial charge in [-0.2, -0.15) is 0 Å². The van der Waals surface area contributed by atoms with E-state index in [0.717, 1.165) is 78.9 Å². The standard InChI is InChI=1S/C48H28N2OS2.C36H30BNO2S2.C26H2.C18H10ClNO.CH3I/c1-4-18-38-32(11-1)35-15-10-22-42-46(35)50(38)45-31(14-9-21-41(45)51-42)29-25-27-30(28-26-29)49(39-19-7-16-36-33-12-2-5-23-43(33)52-47(36)39)40-20-8-17-37-34-13-3-6-24-44(34)53-48(37)40;1-35(2)36(3,4)40-37(39-35)23-19-21-24(22-20-23)38(29-15-9-13-27-25-11-5-7-17-31(25)41-33(27)29)30-16-10-14-28-26-12-6-8-18-32(26)42-34(28)30;1-3-5-7-9-11-13-15-17-19-21-23-25-26-24-22-20-18-16-14-12-10-8-6-4-2;19-13-7-4-10-16-18(13)20-14-8-2-1-5-11(14)12-6-3-9-15(21-16)17(12)20;1-2/h1-28H;5-22H,1-4H3;1-2H;1-10H;1H3. The van der Waals surface area contributed by atoms with Gasteiger partial charge in [-0.3, -0.25) is 0 Å². The van der Waals surface area contributed by atoms with Crippen LogP contribution in [0.5, 0.6) is 23.0 Å². The highest BCUT2D eigenvalue weighted by molar-refractivity contribution is 14.1. The molecule has 1 fully saturated rings. The lowest BCUT2D eigenvalue weighted by atomic mass is 9.79. The average Bonchev–Trinajstić information content (AvgIpc) is 1.55. The molecule has 674 valence electrons. The van der Waals surface area contributed by atoms with E-state index in [9.17, 15) is 0 Å². The molecule has 3 aliphatic heterocycles. The molecule has 0 spiro atoms. The van der Waals surface area contributed by atoms with Gasteiger partial charge in [0, 0.05) is 148 Å². The summed E-state index contributed by atoms with van der Waals surface area (Å²) in [6.07, 6.45) is 9.82. The van der Waals surface area contributed by atoms with E-state index >= 15 is 0 Å². The van der Waals surface area contributed by atoms with E-state index in [0.29, 0.717) is 5.02 Å². The minimum atomic E-state index is -0.394. The van der Waals surface area contributed by atoms with Crippen molar-refractivity contribution < 1.29 is 18.8 Å². The molecule has 8 nitrogen and oxygen atoms in total. The third-order valence-electron chi connectivity index (χ3n) is 25.2. The lowest BCUT2D eigenvalue weighted by molar-refractivity contribution is 0.00578. The third kappa shape index (κ3) is 17.8. The van der Waals surface area contributed by atoms with Crippen molar-refractivity contribution in [2.45, 2.75) is 38.9 Å². The number of anilines is 6. The van der Waals surface area contributed by atoms with Crippen LogP contribution in [-0.2, 0) is 9.31 Å². The molecule has 0 amide bonds. The van der Waals surface area contributed by atoms with Gasteiger partial charge in [0.2, 0.25) is 0 Å². The number of thiophene rings is 4. The van der Waals surface area contributed by atoms with Crippen LogP contribution in [0.2, 0.25) is 5.02 Å². The van der Waals surface area contributed by atoms with Crippen molar-refractivity contribution >= 4 is 251 Å². The minimum absolute atomic E-state index is 0.379. The van der Waals surface area contributed by atoms with Gasteiger partial charge in [0.1, 0.15) is 5.69 Å². The number of hydrogen-bond acceptors (Lipinski definition) is 10. The van der Waals surface area contributed by atoms with Gasteiger partial charge in [-0.25, -0.2) is 0 Å². The van der Waals surface area contributed by atoms with Crippen molar-refractivity contribution in [1.82, 2.24) is 9.13 Å². The van der Waals surface area contributed by atoms with Gasteiger partial charge in [0.05, 0.1) is 85.5 Å². The van der Waals surface area contributed by atoms with Crippen molar-refractivity contribution in [2.75, 3.05) is 14.7 Å². The maximum Gasteiger partial charge on any atom is 0.494 e. The Morgan fingerprint density at radius 2 is 0.562 bits per heavy atom. The van der Waals surface area contributed by atoms with E-state index < -0.39 is 7.12 Å². The van der Waals surface area contributed by atoms with Crippen molar-refractivity contribution in [2.24, 2.45) is 0 Å². The van der Waals surface area contributed by atoms with Crippen LogP contribution in [-0.4, -0.2) is 32.4 Å². The van der Waals surface area contributed by atoms with Gasteiger partial charge >= 0.3 is 7.12 Å². The van der Waals surface area contributed by atoms with Crippen LogP contribution in [0.1, 0.15) is 27.7 Å². The Kier molecular flexibility index (Phi) is 26.5. The molecule has 16 aromatic carbocycles. The van der Waals surface area contributed by atoms with Gasteiger partial charge in [0.15, 0.2) is 23.0 Å². The van der Waals surface area contributed by atoms with Crippen LogP contribution in [0.25, 0.3) is 147 Å². The number of hydrogen-bond donors (Lipinski definition) is 0. The van der Waals surface area contributed by atoms with E-state index in [1.54, 1.807) is 0 Å². The first-order valence-corrected chi connectivity index (χ1v) is 51.6. The van der Waals surface area contributed by atoms with Crippen LogP contribution in [0, 0.1) is 155 Å². The zero-order valence-corrected chi connectivity index (χ0v) is 84.1. The van der Waals surface area contributed by atoms with Crippen molar-refractivity contribution in [3.8, 4) is 200 Å². The second-order valence-corrected chi connectivity index (χ2v) is 38.5. The molecule has 0 bridgehead atoms. The summed E-state index contributed by atoms with van der Waals surface area (Å²) in [6.45, 7) is 8.39. The Hall–Kier alpha value is -17.5. The van der Waals surface area contributed by atoms with E-state index in [-0.39, 0.29) is 11.2 Å². The van der Waals surface area contributed by atoms with Crippen LogP contribution in [0.15, 0.2) is 340 Å². The number of aromatic nitrogens is 2. The third-order valence-corrected chi connectivity index (χ3v) is 30.4. The molecule has 22 aromatic rings. The Balaban J connectivity index is 0.000000120. The number of halogens is 2. The first kappa shape index (κ1) is 92.8. The molecular formula is C129H73BClIN4O4S4. The molecule has 144 heavy (non-hydrogen) atoms. The molecule has 0 saturated carbocycles. The molecule has 3 aliphatic rings. The van der Waals surface area contributed by atoms with Crippen LogP contribution >= 0.6 is 79.5 Å². The molecule has 9 heterocycles. The average molecular weight is 2040 g/mol. The number of ether oxygens (including phenoxy) is 2. The highest BCUT2D eigenvalue weighted by Crippen LogP contribution is 2.55. The van der Waals surface area contributed by atoms with E-state index in [1.165, 1.54) is 131 Å². The summed E-state index contributed by atoms with van der Waals surface area (Å²) in [4.78, 5) is 6.88. The summed E-state index contributed by atoms with van der Waals surface area (Å²) in [6, 6.07) is 121. The summed E-state index contributed by atoms with van der Waals surface area (Å²) < 4.78 is 40.4. The summed E-state index contributed by atoms with van der Waals surface area (Å²) in [5.74, 6) is 61.6. The number of alkyl halides is 1. The second kappa shape index (κ2) is 41.1. The van der Waals surface area contributed by atoms with Crippen LogP contribution < -0.4 is 24.7 Å². The molecule has 0 unspecified atom stereocenters. The van der Waals surface area contributed by atoms with Gasteiger partial charge in [-0.05, 0) is 254 Å². The molecule has 1 saturated heterocycles. The SMILES string of the molecule is C#CC#CC#CC#CC#CC#CC#CC#CC#CC#CC#CC#CC#C.CC1(C)OB(c2ccc(N(c3cccc4c3sc3ccccc34)c3cccc4c3sc3ccccc34)cc2)OC1(C)C.CI.Clc1cccc2c1-n1c3ccccc3c3cccc(c31)O2.c1cc2c(c(-c3ccc(N(c4cccc5c4sc4ccccc45)c4cccc5c4sc4ccccc45)cc3)c1)-n1c3ccccc3c3cccc(c31)O2. The number of terminal acetylenes is 2. The van der Waals surface area contributed by atoms with E-state index in [2.05, 4.69) is 521 Å². The summed E-state index contributed by atoms with van der Waals surface area (Å²) in [5.41, 5.74) is 16.0. The van der Waals surface area contributed by atoms with Gasteiger partial charge in [-0.1, -0.05) is 259 Å². The minimum Gasteiger partial charge on any atom is -0.453 e. The predicted molar refractivity (Wildman–Crippen MR) is 618 cm³/mol. The maximum atomic E-state index is 6.62. The Bertz CT molecular complexity index is 9610. The zero-order valence-electron chi connectivity index (χ0n) is 77.9. The van der Waals surface area contributed by atoms with Crippen molar-refractivity contribution in [3.05, 3.63) is 345 Å². The number of nitrogens with zero attached hydrogens (tertiary/aromatic N) is 4. The number of para-hydroxylation sites is 6. The lowest BCUT2D eigenvalue weighted by Gasteiger charge is -2.32. The van der Waals surface area contributed by atoms with Crippen molar-refractivity contribution in [1.29, 1.82) is 0 Å². The van der Waals surface area contributed by atoms with Gasteiger partial charge in [-0.15, -0.1) is 58.2 Å². The van der Waals surface area contributed by atoms with E-state index in [4.69, 9.17) is 43.2 Å². The van der Waals surface area contributed by atoms with Crippen molar-refractivity contribution in [3.63, 3.8) is 0 Å². The fraction of sp³-hybridized carbons (Fsp3) is 0.0543. The quantitative estimate of drug-likeness (QED) is 0.0654.